The average molecular weight is 388 g/mol. The highest BCUT2D eigenvalue weighted by Crippen LogP contribution is 2.14. The van der Waals surface area contributed by atoms with Crippen LogP contribution in [0.2, 0.25) is 25.7 Å². The lowest BCUT2D eigenvalue weighted by molar-refractivity contribution is 0.570. The van der Waals surface area contributed by atoms with Gasteiger partial charge in [-0.25, -0.2) is 13.1 Å². The summed E-state index contributed by atoms with van der Waals surface area (Å²) in [5, 5.41) is 0. The van der Waals surface area contributed by atoms with Gasteiger partial charge in [-0.05, 0) is 37.1 Å². The first-order chi connectivity index (χ1) is 12.2. The Morgan fingerprint density at radius 1 is 1.00 bits per heavy atom. The molecule has 0 aromatic heterocycles. The fourth-order valence-electron chi connectivity index (χ4n) is 2.59. The van der Waals surface area contributed by atoms with Crippen molar-refractivity contribution in [2.45, 2.75) is 50.0 Å². The minimum atomic E-state index is -3.55. The van der Waals surface area contributed by atoms with Crippen LogP contribution in [0.1, 0.15) is 11.1 Å². The van der Waals surface area contributed by atoms with Gasteiger partial charge in [0.1, 0.15) is 0 Å². The zero-order valence-corrected chi connectivity index (χ0v) is 17.9. The number of benzene rings is 2. The van der Waals surface area contributed by atoms with Crippen LogP contribution in [-0.4, -0.2) is 22.5 Å². The van der Waals surface area contributed by atoms with E-state index in [0.29, 0.717) is 11.3 Å². The largest absolute Gasteiger partial charge is 0.241 e. The molecule has 1 N–H and O–H groups in total. The Morgan fingerprint density at radius 2 is 1.62 bits per heavy atom. The fourth-order valence-corrected chi connectivity index (χ4v) is 4.62. The maximum atomic E-state index is 12.8. The van der Waals surface area contributed by atoms with Crippen molar-refractivity contribution >= 4 is 18.1 Å². The Kier molecular flexibility index (Phi) is 6.98. The summed E-state index contributed by atoms with van der Waals surface area (Å²) in [6.07, 6.45) is 4.78. The number of hydrogen-bond donors (Lipinski definition) is 1. The molecule has 0 bridgehead atoms. The van der Waals surface area contributed by atoms with Crippen LogP contribution < -0.4 is 4.72 Å². The summed E-state index contributed by atoms with van der Waals surface area (Å²) in [6, 6.07) is 17.7. The lowest BCUT2D eigenvalue weighted by Gasteiger charge is -2.17. The topological polar surface area (TPSA) is 46.2 Å². The summed E-state index contributed by atoms with van der Waals surface area (Å²) < 4.78 is 28.4. The first kappa shape index (κ1) is 20.6. The average Bonchev–Trinajstić information content (AvgIpc) is 2.54. The quantitative estimate of drug-likeness (QED) is 0.523. The van der Waals surface area contributed by atoms with Crippen LogP contribution in [0.4, 0.5) is 0 Å². The van der Waals surface area contributed by atoms with Crippen molar-refractivity contribution < 1.29 is 8.42 Å². The summed E-state index contributed by atoms with van der Waals surface area (Å²) in [6.45, 7) is 8.86. The molecule has 5 heteroatoms. The van der Waals surface area contributed by atoms with E-state index < -0.39 is 18.1 Å². The van der Waals surface area contributed by atoms with Gasteiger partial charge in [0.05, 0.1) is 4.90 Å². The van der Waals surface area contributed by atoms with Crippen LogP contribution in [0.25, 0.3) is 0 Å². The van der Waals surface area contributed by atoms with Crippen molar-refractivity contribution in [1.82, 2.24) is 4.72 Å². The molecule has 26 heavy (non-hydrogen) atoms. The van der Waals surface area contributed by atoms with Gasteiger partial charge in [-0.2, -0.15) is 0 Å². The van der Waals surface area contributed by atoms with E-state index in [9.17, 15) is 8.42 Å². The summed E-state index contributed by atoms with van der Waals surface area (Å²) in [5.74, 6) is 0. The van der Waals surface area contributed by atoms with E-state index in [1.807, 2.05) is 55.5 Å². The van der Waals surface area contributed by atoms with Crippen LogP contribution in [-0.2, 0) is 16.4 Å². The van der Waals surface area contributed by atoms with Crippen LogP contribution in [0.15, 0.2) is 71.6 Å². The van der Waals surface area contributed by atoms with Gasteiger partial charge in [0.25, 0.3) is 0 Å². The lowest BCUT2D eigenvalue weighted by atomic mass is 10.1. The number of sulfonamides is 1. The third kappa shape index (κ3) is 6.90. The summed E-state index contributed by atoms with van der Waals surface area (Å²) in [7, 11) is -4.76. The highest BCUT2D eigenvalue weighted by atomic mass is 32.2. The number of nitrogens with one attached hydrogen (secondary N) is 1. The second kappa shape index (κ2) is 8.80. The third-order valence-corrected chi connectivity index (χ3v) is 7.00. The molecule has 0 heterocycles. The van der Waals surface area contributed by atoms with E-state index >= 15 is 0 Å². The van der Waals surface area contributed by atoms with Gasteiger partial charge in [-0.15, -0.1) is 0 Å². The van der Waals surface area contributed by atoms with Gasteiger partial charge < -0.3 is 0 Å². The molecule has 0 aliphatic rings. The predicted molar refractivity (Wildman–Crippen MR) is 113 cm³/mol. The smallest absolute Gasteiger partial charge is 0.207 e. The molecule has 2 aromatic rings. The normalized spacial score (nSPS) is 13.8. The molecule has 0 saturated heterocycles. The molecule has 0 unspecified atom stereocenters. The Morgan fingerprint density at radius 3 is 2.19 bits per heavy atom. The standard InChI is InChI=1S/C21H29NO2SSi/c1-18-12-14-21(15-13-18)25(23,24)22-20(11-8-16-26(2,3)4)17-19-9-6-5-7-10-19/h5-15,20,22H,16-17H2,1-4H3/b11-8+/t20-/m1/s1. The molecule has 0 spiro atoms. The van der Waals surface area contributed by atoms with Gasteiger partial charge >= 0.3 is 0 Å². The predicted octanol–water partition coefficient (Wildman–Crippen LogP) is 4.78. The highest BCUT2D eigenvalue weighted by molar-refractivity contribution is 7.89. The molecule has 140 valence electrons. The second-order valence-electron chi connectivity index (χ2n) is 7.92. The first-order valence-corrected chi connectivity index (χ1v) is 14.1. The maximum absolute atomic E-state index is 12.8. The van der Waals surface area contributed by atoms with Crippen molar-refractivity contribution in [3.05, 3.63) is 77.9 Å². The molecule has 0 amide bonds. The van der Waals surface area contributed by atoms with Gasteiger partial charge in [0, 0.05) is 14.1 Å². The van der Waals surface area contributed by atoms with E-state index in [4.69, 9.17) is 0 Å². The number of hydrogen-bond acceptors (Lipinski definition) is 2. The number of allylic oxidation sites excluding steroid dienone is 1. The van der Waals surface area contributed by atoms with E-state index in [0.717, 1.165) is 17.2 Å². The maximum Gasteiger partial charge on any atom is 0.241 e. The van der Waals surface area contributed by atoms with Crippen LogP contribution >= 0.6 is 0 Å². The molecule has 0 aliphatic carbocycles. The molecule has 3 nitrogen and oxygen atoms in total. The molecule has 0 fully saturated rings. The van der Waals surface area contributed by atoms with E-state index in [1.54, 1.807) is 12.1 Å². The van der Waals surface area contributed by atoms with E-state index in [2.05, 4.69) is 30.4 Å². The van der Waals surface area contributed by atoms with Gasteiger partial charge in [-0.3, -0.25) is 0 Å². The second-order valence-corrected chi connectivity index (χ2v) is 15.2. The molecule has 2 rings (SSSR count). The third-order valence-electron chi connectivity index (χ3n) is 4.03. The van der Waals surface area contributed by atoms with Crippen molar-refractivity contribution in [2.75, 3.05) is 0 Å². The summed E-state index contributed by atoms with van der Waals surface area (Å²) in [4.78, 5) is 0.305. The Hall–Kier alpha value is -1.69. The zero-order chi connectivity index (χ0) is 19.2. The SMILES string of the molecule is Cc1ccc(S(=O)(=O)N[C@H](/C=C/C[Si](C)(C)C)Cc2ccccc2)cc1. The Labute approximate surface area is 159 Å². The molecule has 0 radical (unpaired) electrons. The van der Waals surface area contributed by atoms with Crippen LogP contribution in [0, 0.1) is 6.92 Å². The molecular weight excluding hydrogens is 358 g/mol. The Bertz CT molecular complexity index is 823. The summed E-state index contributed by atoms with van der Waals surface area (Å²) in [5.41, 5.74) is 2.15. The van der Waals surface area contributed by atoms with Crippen LogP contribution in [0.5, 0.6) is 0 Å². The zero-order valence-electron chi connectivity index (χ0n) is 16.1. The van der Waals surface area contributed by atoms with Crippen molar-refractivity contribution in [2.24, 2.45) is 0 Å². The Balaban J connectivity index is 2.20. The van der Waals surface area contributed by atoms with E-state index in [-0.39, 0.29) is 6.04 Å². The van der Waals surface area contributed by atoms with Gasteiger partial charge in [0.15, 0.2) is 0 Å². The van der Waals surface area contributed by atoms with E-state index in [1.165, 1.54) is 0 Å². The van der Waals surface area contributed by atoms with Crippen LogP contribution in [0.3, 0.4) is 0 Å². The highest BCUT2D eigenvalue weighted by Gasteiger charge is 2.19. The summed E-state index contributed by atoms with van der Waals surface area (Å²) >= 11 is 0. The molecule has 0 aliphatic heterocycles. The molecule has 0 saturated carbocycles. The fraction of sp³-hybridized carbons (Fsp3) is 0.333. The first-order valence-electron chi connectivity index (χ1n) is 8.95. The van der Waals surface area contributed by atoms with Crippen molar-refractivity contribution in [3.63, 3.8) is 0 Å². The monoisotopic (exact) mass is 387 g/mol. The van der Waals surface area contributed by atoms with Gasteiger partial charge in [-0.1, -0.05) is 79.8 Å². The molecular formula is C21H29NO2SSi. The van der Waals surface area contributed by atoms with Crippen molar-refractivity contribution in [1.29, 1.82) is 0 Å². The lowest BCUT2D eigenvalue weighted by Crippen LogP contribution is -2.35. The van der Waals surface area contributed by atoms with Gasteiger partial charge in [0.2, 0.25) is 10.0 Å². The minimum absolute atomic E-state index is 0.264. The number of aryl methyl sites for hydroxylation is 1. The molecule has 1 atom stereocenters. The number of rotatable bonds is 8. The molecule has 2 aromatic carbocycles. The minimum Gasteiger partial charge on any atom is -0.207 e. The van der Waals surface area contributed by atoms with Crippen molar-refractivity contribution in [3.8, 4) is 0 Å².